The summed E-state index contributed by atoms with van der Waals surface area (Å²) in [6.07, 6.45) is 5.18. The average Bonchev–Trinajstić information content (AvgIpc) is 2.28. The lowest BCUT2D eigenvalue weighted by Crippen LogP contribution is -2.45. The Labute approximate surface area is 105 Å². The molecule has 0 unspecified atom stereocenters. The van der Waals surface area contributed by atoms with Crippen molar-refractivity contribution in [2.24, 2.45) is 5.92 Å². The summed E-state index contributed by atoms with van der Waals surface area (Å²) in [4.78, 5) is 0. The third-order valence-corrected chi connectivity index (χ3v) is 5.24. The first-order valence-corrected chi connectivity index (χ1v) is 8.26. The first-order valence-electron chi connectivity index (χ1n) is 6.60. The quantitative estimate of drug-likeness (QED) is 0.765. The van der Waals surface area contributed by atoms with Crippen LogP contribution in [0.3, 0.4) is 0 Å². The van der Waals surface area contributed by atoms with Crippen LogP contribution in [-0.2, 0) is 10.0 Å². The Morgan fingerprint density at radius 3 is 2.35 bits per heavy atom. The molecular formula is C12H25NO3S. The van der Waals surface area contributed by atoms with Crippen molar-refractivity contribution in [1.29, 1.82) is 0 Å². The molecule has 1 fully saturated rings. The Morgan fingerprint density at radius 1 is 1.29 bits per heavy atom. The molecule has 1 aliphatic carbocycles. The normalized spacial score (nSPS) is 30.4. The van der Waals surface area contributed by atoms with Crippen LogP contribution in [0.4, 0.5) is 0 Å². The third kappa shape index (κ3) is 4.94. The molecule has 4 nitrogen and oxygen atoms in total. The van der Waals surface area contributed by atoms with Gasteiger partial charge in [-0.05, 0) is 38.0 Å². The molecule has 0 amide bonds. The van der Waals surface area contributed by atoms with Crippen molar-refractivity contribution < 1.29 is 13.5 Å². The molecule has 0 radical (unpaired) electrons. The van der Waals surface area contributed by atoms with E-state index in [1.807, 2.05) is 6.92 Å². The van der Waals surface area contributed by atoms with Gasteiger partial charge in [0.05, 0.1) is 11.4 Å². The summed E-state index contributed by atoms with van der Waals surface area (Å²) in [6, 6.07) is 0. The minimum Gasteiger partial charge on any atom is -0.389 e. The van der Waals surface area contributed by atoms with Crippen LogP contribution < -0.4 is 4.72 Å². The van der Waals surface area contributed by atoms with E-state index in [1.165, 1.54) is 0 Å². The van der Waals surface area contributed by atoms with E-state index >= 15 is 0 Å². The molecule has 0 aliphatic heterocycles. The first-order chi connectivity index (χ1) is 7.91. The summed E-state index contributed by atoms with van der Waals surface area (Å²) in [5.74, 6) is 0.836. The average molecular weight is 263 g/mol. The molecular weight excluding hydrogens is 238 g/mol. The number of sulfonamides is 1. The van der Waals surface area contributed by atoms with Crippen molar-refractivity contribution in [3.8, 4) is 0 Å². The molecule has 0 heterocycles. The molecule has 0 spiro atoms. The first kappa shape index (κ1) is 14.9. The van der Waals surface area contributed by atoms with Crippen molar-refractivity contribution in [1.82, 2.24) is 4.72 Å². The largest absolute Gasteiger partial charge is 0.389 e. The number of aliphatic hydroxyl groups is 1. The molecule has 17 heavy (non-hydrogen) atoms. The molecule has 1 rings (SSSR count). The predicted octanol–water partition coefficient (Wildman–Crippen LogP) is 1.65. The van der Waals surface area contributed by atoms with Gasteiger partial charge < -0.3 is 5.11 Å². The molecule has 0 aromatic heterocycles. The second-order valence-electron chi connectivity index (χ2n) is 5.22. The van der Waals surface area contributed by atoms with Crippen LogP contribution in [0.2, 0.25) is 0 Å². The Hall–Kier alpha value is -0.130. The Bertz CT molecular complexity index is 319. The van der Waals surface area contributed by atoms with Crippen LogP contribution in [-0.4, -0.2) is 31.4 Å². The fourth-order valence-electron chi connectivity index (χ4n) is 2.39. The Morgan fingerprint density at radius 2 is 1.88 bits per heavy atom. The van der Waals surface area contributed by atoms with E-state index in [0.717, 1.165) is 19.3 Å². The van der Waals surface area contributed by atoms with Crippen LogP contribution in [0.15, 0.2) is 0 Å². The van der Waals surface area contributed by atoms with Gasteiger partial charge in [0.2, 0.25) is 10.0 Å². The number of rotatable bonds is 6. The lowest BCUT2D eigenvalue weighted by atomic mass is 9.78. The monoisotopic (exact) mass is 263 g/mol. The molecule has 2 N–H and O–H groups in total. The lowest BCUT2D eigenvalue weighted by Gasteiger charge is -2.35. The van der Waals surface area contributed by atoms with Gasteiger partial charge in [-0.3, -0.25) is 0 Å². The summed E-state index contributed by atoms with van der Waals surface area (Å²) in [7, 11) is -3.20. The van der Waals surface area contributed by atoms with Gasteiger partial charge in [-0.15, -0.1) is 0 Å². The van der Waals surface area contributed by atoms with Gasteiger partial charge in [-0.25, -0.2) is 13.1 Å². The van der Waals surface area contributed by atoms with Crippen molar-refractivity contribution in [2.45, 2.75) is 58.0 Å². The highest BCUT2D eigenvalue weighted by atomic mass is 32.2. The standard InChI is InChI=1S/C12H25NO3S/c1-3-9-17(15,16)13-10-12(14)7-5-11(4-2)6-8-12/h11,13-14H,3-10H2,1-2H3. The molecule has 0 aromatic rings. The molecule has 0 bridgehead atoms. The van der Waals surface area contributed by atoms with E-state index in [9.17, 15) is 13.5 Å². The number of hydrogen-bond donors (Lipinski definition) is 2. The van der Waals surface area contributed by atoms with E-state index in [1.54, 1.807) is 0 Å². The molecule has 1 saturated carbocycles. The maximum Gasteiger partial charge on any atom is 0.211 e. The minimum atomic E-state index is -3.20. The van der Waals surface area contributed by atoms with Crippen LogP contribution in [0, 0.1) is 5.92 Å². The number of nitrogens with one attached hydrogen (secondary N) is 1. The SMILES string of the molecule is CCCS(=O)(=O)NCC1(O)CCC(CC)CC1. The number of hydrogen-bond acceptors (Lipinski definition) is 3. The fraction of sp³-hybridized carbons (Fsp3) is 1.00. The van der Waals surface area contributed by atoms with Gasteiger partial charge in [-0.2, -0.15) is 0 Å². The molecule has 5 heteroatoms. The maximum atomic E-state index is 11.5. The summed E-state index contributed by atoms with van der Waals surface area (Å²) < 4.78 is 25.6. The molecule has 0 atom stereocenters. The smallest absolute Gasteiger partial charge is 0.211 e. The van der Waals surface area contributed by atoms with Gasteiger partial charge >= 0.3 is 0 Å². The highest BCUT2D eigenvalue weighted by Gasteiger charge is 2.33. The van der Waals surface area contributed by atoms with Gasteiger partial charge in [0.25, 0.3) is 0 Å². The Balaban J connectivity index is 2.41. The summed E-state index contributed by atoms with van der Waals surface area (Å²) in [5.41, 5.74) is -0.827. The van der Waals surface area contributed by atoms with Crippen molar-refractivity contribution in [3.63, 3.8) is 0 Å². The highest BCUT2D eigenvalue weighted by Crippen LogP contribution is 2.33. The van der Waals surface area contributed by atoms with Crippen molar-refractivity contribution in [2.75, 3.05) is 12.3 Å². The molecule has 0 aromatic carbocycles. The van der Waals surface area contributed by atoms with E-state index in [4.69, 9.17) is 0 Å². The van der Waals surface area contributed by atoms with Gasteiger partial charge in [0, 0.05) is 6.54 Å². The third-order valence-electron chi connectivity index (χ3n) is 3.71. The zero-order valence-electron chi connectivity index (χ0n) is 10.9. The summed E-state index contributed by atoms with van der Waals surface area (Å²) >= 11 is 0. The van der Waals surface area contributed by atoms with Crippen molar-refractivity contribution in [3.05, 3.63) is 0 Å². The Kier molecular flexibility index (Phi) is 5.41. The maximum absolute atomic E-state index is 11.5. The fourth-order valence-corrected chi connectivity index (χ4v) is 3.56. The van der Waals surface area contributed by atoms with E-state index in [-0.39, 0.29) is 12.3 Å². The second kappa shape index (κ2) is 6.16. The topological polar surface area (TPSA) is 66.4 Å². The molecule has 0 saturated heterocycles. The van der Waals surface area contributed by atoms with E-state index < -0.39 is 15.6 Å². The van der Waals surface area contributed by atoms with Crippen LogP contribution >= 0.6 is 0 Å². The summed E-state index contributed by atoms with van der Waals surface area (Å²) in [5, 5.41) is 10.3. The van der Waals surface area contributed by atoms with E-state index in [0.29, 0.717) is 25.2 Å². The van der Waals surface area contributed by atoms with Crippen molar-refractivity contribution >= 4 is 10.0 Å². The van der Waals surface area contributed by atoms with Gasteiger partial charge in [0.15, 0.2) is 0 Å². The predicted molar refractivity (Wildman–Crippen MR) is 69.3 cm³/mol. The zero-order chi connectivity index (χ0) is 12.9. The zero-order valence-corrected chi connectivity index (χ0v) is 11.7. The molecule has 102 valence electrons. The van der Waals surface area contributed by atoms with Crippen LogP contribution in [0.5, 0.6) is 0 Å². The van der Waals surface area contributed by atoms with Gasteiger partial charge in [-0.1, -0.05) is 20.3 Å². The van der Waals surface area contributed by atoms with Gasteiger partial charge in [0.1, 0.15) is 0 Å². The second-order valence-corrected chi connectivity index (χ2v) is 7.14. The minimum absolute atomic E-state index is 0.140. The molecule has 1 aliphatic rings. The van der Waals surface area contributed by atoms with Crippen LogP contribution in [0.1, 0.15) is 52.4 Å². The van der Waals surface area contributed by atoms with Crippen LogP contribution in [0.25, 0.3) is 0 Å². The lowest BCUT2D eigenvalue weighted by molar-refractivity contribution is -0.00442. The highest BCUT2D eigenvalue weighted by molar-refractivity contribution is 7.89. The summed E-state index contributed by atoms with van der Waals surface area (Å²) in [6.45, 7) is 4.17. The van der Waals surface area contributed by atoms with E-state index in [2.05, 4.69) is 11.6 Å².